The van der Waals surface area contributed by atoms with E-state index in [9.17, 15) is 20.7 Å². The van der Waals surface area contributed by atoms with Crippen molar-refractivity contribution in [2.45, 2.75) is 24.4 Å². The Morgan fingerprint density at radius 2 is 0.960 bits per heavy atom. The standard InChI is InChI=1S/C34H38N6O10/c35-39-37-23-29-31(49-33(41)25-9-3-1-4-10-25)32(50-34(42)26-11-5-2-6-12-26)30(24-38-40-36)48-22-18-44-16-20-46-28-14-8-7-13-27(28)45-19-15-43-17-21-47-29/h1-14,29-32H,15-24H2/t29-,30-,31-,32?/m1/s1. The van der Waals surface area contributed by atoms with Gasteiger partial charge in [-0.2, -0.15) is 0 Å². The maximum atomic E-state index is 13.5. The molecule has 1 aliphatic heterocycles. The third-order valence-electron chi connectivity index (χ3n) is 7.15. The fraction of sp³-hybridized carbons (Fsp3) is 0.412. The highest BCUT2D eigenvalue weighted by molar-refractivity contribution is 5.90. The van der Waals surface area contributed by atoms with E-state index in [1.807, 2.05) is 12.1 Å². The van der Waals surface area contributed by atoms with Crippen molar-refractivity contribution in [2.75, 3.05) is 65.9 Å². The molecular formula is C34H38N6O10. The van der Waals surface area contributed by atoms with Crippen LogP contribution in [0.5, 0.6) is 11.5 Å². The Kier molecular flexibility index (Phi) is 16.2. The zero-order chi connectivity index (χ0) is 35.2. The molecule has 0 spiro atoms. The van der Waals surface area contributed by atoms with Gasteiger partial charge in [0.05, 0.1) is 63.9 Å². The van der Waals surface area contributed by atoms with Crippen LogP contribution in [0.2, 0.25) is 0 Å². The Bertz CT molecular complexity index is 1450. The third-order valence-corrected chi connectivity index (χ3v) is 7.15. The molecule has 0 aliphatic carbocycles. The fourth-order valence-corrected chi connectivity index (χ4v) is 4.81. The minimum absolute atomic E-state index is 0.0419. The molecule has 264 valence electrons. The number of nitrogens with zero attached hydrogens (tertiary/aromatic N) is 6. The molecule has 3 aromatic carbocycles. The first-order valence-corrected chi connectivity index (χ1v) is 15.9. The average molecular weight is 691 g/mol. The summed E-state index contributed by atoms with van der Waals surface area (Å²) in [6.07, 6.45) is -5.20. The first-order chi connectivity index (χ1) is 24.6. The fourth-order valence-electron chi connectivity index (χ4n) is 4.81. The van der Waals surface area contributed by atoms with Crippen molar-refractivity contribution in [2.24, 2.45) is 10.2 Å². The summed E-state index contributed by atoms with van der Waals surface area (Å²) in [5.74, 6) is -0.473. The average Bonchev–Trinajstić information content (AvgIpc) is 3.15. The number of hydrogen-bond donors (Lipinski definition) is 0. The molecule has 4 rings (SSSR count). The lowest BCUT2D eigenvalue weighted by molar-refractivity contribution is -0.146. The number of rotatable bonds is 8. The summed E-state index contributed by atoms with van der Waals surface area (Å²) in [5, 5.41) is 7.37. The molecule has 16 nitrogen and oxygen atoms in total. The highest BCUT2D eigenvalue weighted by Crippen LogP contribution is 2.26. The van der Waals surface area contributed by atoms with Crippen LogP contribution in [0.1, 0.15) is 20.7 Å². The summed E-state index contributed by atoms with van der Waals surface area (Å²) in [6, 6.07) is 23.5. The second-order valence-electron chi connectivity index (χ2n) is 10.5. The number of para-hydroxylation sites is 2. The highest BCUT2D eigenvalue weighted by Gasteiger charge is 2.42. The molecule has 3 aromatic rings. The van der Waals surface area contributed by atoms with Gasteiger partial charge in [0.1, 0.15) is 25.4 Å². The largest absolute Gasteiger partial charge is 0.487 e. The van der Waals surface area contributed by atoms with Crippen molar-refractivity contribution < 1.29 is 47.5 Å². The zero-order valence-electron chi connectivity index (χ0n) is 27.2. The lowest BCUT2D eigenvalue weighted by Gasteiger charge is -2.36. The van der Waals surface area contributed by atoms with Crippen LogP contribution in [0.25, 0.3) is 20.9 Å². The van der Waals surface area contributed by atoms with Crippen LogP contribution in [0.3, 0.4) is 0 Å². The first kappa shape index (κ1) is 37.5. The summed E-state index contributed by atoms with van der Waals surface area (Å²) < 4.78 is 47.3. The van der Waals surface area contributed by atoms with Crippen LogP contribution < -0.4 is 9.47 Å². The van der Waals surface area contributed by atoms with Crippen molar-refractivity contribution in [3.05, 3.63) is 117 Å². The molecule has 0 radical (unpaired) electrons. The van der Waals surface area contributed by atoms with Gasteiger partial charge in [-0.1, -0.05) is 58.8 Å². The maximum Gasteiger partial charge on any atom is 0.338 e. The van der Waals surface area contributed by atoms with Crippen LogP contribution in [-0.2, 0) is 28.4 Å². The highest BCUT2D eigenvalue weighted by atomic mass is 16.6. The number of hydrogen-bond acceptors (Lipinski definition) is 12. The van der Waals surface area contributed by atoms with Gasteiger partial charge in [0.15, 0.2) is 23.7 Å². The van der Waals surface area contributed by atoms with E-state index in [-0.39, 0.29) is 77.1 Å². The van der Waals surface area contributed by atoms with Crippen LogP contribution >= 0.6 is 0 Å². The summed E-state index contributed by atoms with van der Waals surface area (Å²) in [6.45, 7) is 0.245. The van der Waals surface area contributed by atoms with E-state index < -0.39 is 36.4 Å². The Morgan fingerprint density at radius 3 is 1.36 bits per heavy atom. The number of esters is 2. The molecule has 0 saturated heterocycles. The number of carbonyl (C=O) groups is 2. The number of fused-ring (bicyclic) bond motifs is 1. The van der Waals surface area contributed by atoms with Crippen LogP contribution in [0, 0.1) is 0 Å². The summed E-state index contributed by atoms with van der Waals surface area (Å²) in [5.41, 5.74) is 18.9. The van der Waals surface area contributed by atoms with E-state index in [1.165, 1.54) is 0 Å². The summed E-state index contributed by atoms with van der Waals surface area (Å²) >= 11 is 0. The maximum absolute atomic E-state index is 13.5. The predicted octanol–water partition coefficient (Wildman–Crippen LogP) is 5.33. The molecule has 0 saturated carbocycles. The molecule has 50 heavy (non-hydrogen) atoms. The van der Waals surface area contributed by atoms with Gasteiger partial charge in [-0.15, -0.1) is 0 Å². The van der Waals surface area contributed by atoms with Gasteiger partial charge in [0, 0.05) is 9.82 Å². The van der Waals surface area contributed by atoms with Gasteiger partial charge in [0.25, 0.3) is 0 Å². The van der Waals surface area contributed by atoms with Gasteiger partial charge in [-0.3, -0.25) is 0 Å². The number of benzene rings is 3. The molecular weight excluding hydrogens is 652 g/mol. The third kappa shape index (κ3) is 12.3. The van der Waals surface area contributed by atoms with Crippen molar-refractivity contribution in [1.29, 1.82) is 0 Å². The van der Waals surface area contributed by atoms with Crippen LogP contribution in [0.4, 0.5) is 0 Å². The second kappa shape index (κ2) is 21.6. The molecule has 0 amide bonds. The first-order valence-electron chi connectivity index (χ1n) is 15.9. The molecule has 1 aliphatic rings. The monoisotopic (exact) mass is 690 g/mol. The lowest BCUT2D eigenvalue weighted by Crippen LogP contribution is -2.53. The lowest BCUT2D eigenvalue weighted by atomic mass is 10.0. The van der Waals surface area contributed by atoms with Crippen LogP contribution in [0.15, 0.2) is 95.2 Å². The van der Waals surface area contributed by atoms with E-state index in [1.54, 1.807) is 72.8 Å². The zero-order valence-corrected chi connectivity index (χ0v) is 27.2. The second-order valence-corrected chi connectivity index (χ2v) is 10.5. The Labute approximate surface area is 288 Å². The number of carbonyl (C=O) groups excluding carboxylic acids is 2. The van der Waals surface area contributed by atoms with Gasteiger partial charge in [-0.05, 0) is 47.5 Å². The van der Waals surface area contributed by atoms with Crippen LogP contribution in [-0.4, -0.2) is 102 Å². The van der Waals surface area contributed by atoms with Crippen molar-refractivity contribution in [1.82, 2.24) is 0 Å². The quantitative estimate of drug-likeness (QED) is 0.128. The Balaban J connectivity index is 1.67. The predicted molar refractivity (Wildman–Crippen MR) is 178 cm³/mol. The van der Waals surface area contributed by atoms with Crippen molar-refractivity contribution in [3.63, 3.8) is 0 Å². The Hall–Kier alpha value is -5.34. The summed E-state index contributed by atoms with van der Waals surface area (Å²) in [4.78, 5) is 32.8. The molecule has 0 N–H and O–H groups in total. The van der Waals surface area contributed by atoms with E-state index >= 15 is 0 Å². The molecule has 0 aromatic heterocycles. The molecule has 1 heterocycles. The van der Waals surface area contributed by atoms with Crippen molar-refractivity contribution >= 4 is 11.9 Å². The van der Waals surface area contributed by atoms with Crippen molar-refractivity contribution in [3.8, 4) is 11.5 Å². The molecule has 1 unspecified atom stereocenters. The smallest absolute Gasteiger partial charge is 0.338 e. The van der Waals surface area contributed by atoms with Gasteiger partial charge in [0.2, 0.25) is 0 Å². The summed E-state index contributed by atoms with van der Waals surface area (Å²) in [7, 11) is 0. The van der Waals surface area contributed by atoms with E-state index in [4.69, 9.17) is 37.9 Å². The SMILES string of the molecule is [N-]=[N+]=NC[C@H]1OCCOCCOc2ccccc2OCCOCCO[C@H](CN=[N+]=[N-])[C@@H](OC(=O)c2ccccc2)C1OC(=O)c1ccccc1. The van der Waals surface area contributed by atoms with Gasteiger partial charge in [-0.25, -0.2) is 9.59 Å². The van der Waals surface area contributed by atoms with Gasteiger partial charge < -0.3 is 37.9 Å². The number of ether oxygens (including phenoxy) is 8. The normalized spacial score (nSPS) is 20.9. The van der Waals surface area contributed by atoms with E-state index in [0.29, 0.717) is 11.5 Å². The molecule has 4 atom stereocenters. The van der Waals surface area contributed by atoms with E-state index in [2.05, 4.69) is 20.1 Å². The number of azide groups is 2. The minimum Gasteiger partial charge on any atom is -0.487 e. The molecule has 16 heteroatoms. The molecule has 0 fully saturated rings. The van der Waals surface area contributed by atoms with Gasteiger partial charge >= 0.3 is 11.9 Å². The minimum atomic E-state index is -1.43. The Morgan fingerprint density at radius 1 is 0.580 bits per heavy atom. The van der Waals surface area contributed by atoms with E-state index in [0.717, 1.165) is 0 Å². The molecule has 0 bridgehead atoms. The topological polar surface area (TPSA) is 206 Å².